The summed E-state index contributed by atoms with van der Waals surface area (Å²) in [6, 6.07) is 26.8. The van der Waals surface area contributed by atoms with Gasteiger partial charge in [0.25, 0.3) is 0 Å². The third-order valence-electron chi connectivity index (χ3n) is 7.52. The number of Topliss-reactive ketones (excluding diaryl/α,β-unsaturated/α-hetero) is 2. The fourth-order valence-corrected chi connectivity index (χ4v) is 4.34. The number of carbonyl (C=O) groups is 4. The van der Waals surface area contributed by atoms with E-state index in [9.17, 15) is 19.2 Å². The van der Waals surface area contributed by atoms with Crippen LogP contribution in [0.25, 0.3) is 12.2 Å². The predicted molar refractivity (Wildman–Crippen MR) is 189 cm³/mol. The van der Waals surface area contributed by atoms with Crippen molar-refractivity contribution in [3.63, 3.8) is 0 Å². The van der Waals surface area contributed by atoms with Gasteiger partial charge in [-0.15, -0.1) is 0 Å². The van der Waals surface area contributed by atoms with Gasteiger partial charge in [0.2, 0.25) is 0 Å². The van der Waals surface area contributed by atoms with Crippen molar-refractivity contribution in [1.29, 1.82) is 0 Å². The van der Waals surface area contributed by atoms with Gasteiger partial charge in [-0.1, -0.05) is 38.1 Å². The van der Waals surface area contributed by atoms with Crippen LogP contribution in [-0.4, -0.2) is 35.7 Å². The lowest BCUT2D eigenvalue weighted by Crippen LogP contribution is -2.09. The quantitative estimate of drug-likeness (QED) is 0.0386. The Labute approximate surface area is 287 Å². The van der Waals surface area contributed by atoms with Gasteiger partial charge >= 0.3 is 11.9 Å². The van der Waals surface area contributed by atoms with E-state index in [1.54, 1.807) is 12.2 Å². The average molecular weight is 661 g/mol. The van der Waals surface area contributed by atoms with E-state index in [2.05, 4.69) is 13.8 Å². The first-order chi connectivity index (χ1) is 23.6. The predicted octanol–water partition coefficient (Wildman–Crippen LogP) is 8.73. The van der Waals surface area contributed by atoms with Crippen molar-refractivity contribution in [2.75, 3.05) is 0 Å². The average Bonchev–Trinajstić information content (AvgIpc) is 3.11. The van der Waals surface area contributed by atoms with Crippen LogP contribution in [-0.2, 0) is 9.59 Å². The molecule has 0 aliphatic carbocycles. The van der Waals surface area contributed by atoms with Crippen LogP contribution in [0.2, 0.25) is 0 Å². The lowest BCUT2D eigenvalue weighted by atomic mass is 10.0. The van der Waals surface area contributed by atoms with E-state index in [1.807, 2.05) is 62.4 Å². The molecule has 49 heavy (non-hydrogen) atoms. The van der Waals surface area contributed by atoms with Crippen molar-refractivity contribution in [2.24, 2.45) is 0 Å². The van der Waals surface area contributed by atoms with Crippen LogP contribution in [0, 0.1) is 0 Å². The summed E-state index contributed by atoms with van der Waals surface area (Å²) in [4.78, 5) is 50.1. The molecule has 0 amide bonds. The summed E-state index contributed by atoms with van der Waals surface area (Å²) in [7, 11) is 0. The number of ketones is 2. The number of benzene rings is 4. The molecule has 0 spiro atoms. The van der Waals surface area contributed by atoms with E-state index in [0.29, 0.717) is 11.1 Å². The summed E-state index contributed by atoms with van der Waals surface area (Å²) in [6.45, 7) is 8.11. The Morgan fingerprint density at radius 1 is 0.510 bits per heavy atom. The van der Waals surface area contributed by atoms with E-state index >= 15 is 0 Å². The van der Waals surface area contributed by atoms with Gasteiger partial charge in [0, 0.05) is 23.3 Å². The van der Waals surface area contributed by atoms with Crippen molar-refractivity contribution in [1.82, 2.24) is 0 Å². The van der Waals surface area contributed by atoms with Crippen molar-refractivity contribution in [3.05, 3.63) is 131 Å². The second-order valence-corrected chi connectivity index (χ2v) is 11.4. The van der Waals surface area contributed by atoms with Crippen LogP contribution in [0.5, 0.6) is 23.0 Å². The molecule has 2 unspecified atom stereocenters. The van der Waals surface area contributed by atoms with Gasteiger partial charge in [-0.2, -0.15) is 0 Å². The zero-order valence-electron chi connectivity index (χ0n) is 28.1. The van der Waals surface area contributed by atoms with Crippen molar-refractivity contribution < 1.29 is 38.1 Å². The Morgan fingerprint density at radius 3 is 1.16 bits per heavy atom. The van der Waals surface area contributed by atoms with Gasteiger partial charge in [-0.05, 0) is 123 Å². The highest BCUT2D eigenvalue weighted by molar-refractivity contribution is 6.13. The molecule has 252 valence electrons. The zero-order chi connectivity index (χ0) is 35.2. The molecule has 4 aromatic rings. The number of hydrogen-bond acceptors (Lipinski definition) is 8. The highest BCUT2D eigenvalue weighted by Crippen LogP contribution is 2.20. The summed E-state index contributed by atoms with van der Waals surface area (Å²) in [5, 5.41) is 0. The van der Waals surface area contributed by atoms with Gasteiger partial charge < -0.3 is 18.9 Å². The molecule has 0 aromatic heterocycles. The van der Waals surface area contributed by atoms with Crippen molar-refractivity contribution >= 4 is 35.7 Å². The number of hydrogen-bond donors (Lipinski definition) is 0. The van der Waals surface area contributed by atoms with Crippen molar-refractivity contribution in [3.8, 4) is 23.0 Å². The Kier molecular flexibility index (Phi) is 13.2. The summed E-state index contributed by atoms with van der Waals surface area (Å²) in [5.74, 6) is 0.134. The fourth-order valence-electron chi connectivity index (χ4n) is 4.34. The van der Waals surface area contributed by atoms with Crippen LogP contribution in [0.4, 0.5) is 0 Å². The van der Waals surface area contributed by atoms with Crippen LogP contribution in [0.15, 0.2) is 109 Å². The lowest BCUT2D eigenvalue weighted by Gasteiger charge is -2.12. The number of ether oxygens (including phenoxy) is 4. The largest absolute Gasteiger partial charge is 0.491 e. The second-order valence-electron chi connectivity index (χ2n) is 11.4. The Balaban J connectivity index is 1.22. The molecule has 2 atom stereocenters. The molecule has 0 saturated heterocycles. The lowest BCUT2D eigenvalue weighted by molar-refractivity contribution is -0.129. The summed E-state index contributed by atoms with van der Waals surface area (Å²) in [6.07, 6.45) is 7.60. The molecule has 0 radical (unpaired) electrons. The molecule has 4 aromatic carbocycles. The molecule has 0 heterocycles. The molecule has 0 aliphatic rings. The maximum atomic E-state index is 12.8. The topological polar surface area (TPSA) is 105 Å². The van der Waals surface area contributed by atoms with Gasteiger partial charge in [0.05, 0.1) is 18.6 Å². The second kappa shape index (κ2) is 18.0. The van der Waals surface area contributed by atoms with Crippen LogP contribution in [0.1, 0.15) is 78.8 Å². The maximum Gasteiger partial charge on any atom is 0.336 e. The first-order valence-electron chi connectivity index (χ1n) is 16.2. The normalized spacial score (nSPS) is 12.3. The molecular formula is C41H40O8. The van der Waals surface area contributed by atoms with Crippen LogP contribution < -0.4 is 18.9 Å². The standard InChI is InChI=1S/C41H40O8/c1-5-28(3)46-34-17-7-30(8-18-34)11-25-40(44)48-36-21-13-32(14-22-36)38(42)27-39(43)33-15-23-37(24-16-33)49-41(45)26-12-31-9-19-35(20-10-31)47-29(4)6-2/h7-26,28-29H,5-6,27H2,1-4H3/b25-11+,26-12+. The molecule has 0 fully saturated rings. The van der Waals surface area contributed by atoms with Crippen LogP contribution in [0.3, 0.4) is 0 Å². The summed E-state index contributed by atoms with van der Waals surface area (Å²) in [5.41, 5.74) is 2.23. The maximum absolute atomic E-state index is 12.8. The summed E-state index contributed by atoms with van der Waals surface area (Å²) < 4.78 is 22.2. The Hall–Kier alpha value is -5.76. The van der Waals surface area contributed by atoms with E-state index in [4.69, 9.17) is 18.9 Å². The molecular weight excluding hydrogens is 620 g/mol. The minimum atomic E-state index is -0.572. The molecule has 0 bridgehead atoms. The first kappa shape index (κ1) is 36.1. The first-order valence-corrected chi connectivity index (χ1v) is 16.2. The third kappa shape index (κ3) is 11.8. The molecule has 0 aliphatic heterocycles. The third-order valence-corrected chi connectivity index (χ3v) is 7.52. The number of esters is 2. The highest BCUT2D eigenvalue weighted by Gasteiger charge is 2.15. The highest BCUT2D eigenvalue weighted by atomic mass is 16.5. The Morgan fingerprint density at radius 2 is 0.837 bits per heavy atom. The van der Waals surface area contributed by atoms with Gasteiger partial charge in [-0.3, -0.25) is 9.59 Å². The monoisotopic (exact) mass is 660 g/mol. The van der Waals surface area contributed by atoms with E-state index < -0.39 is 11.9 Å². The fraction of sp³-hybridized carbons (Fsp3) is 0.220. The minimum Gasteiger partial charge on any atom is -0.491 e. The summed E-state index contributed by atoms with van der Waals surface area (Å²) >= 11 is 0. The van der Waals surface area contributed by atoms with E-state index in [0.717, 1.165) is 35.5 Å². The van der Waals surface area contributed by atoms with Crippen molar-refractivity contribution in [2.45, 2.75) is 59.2 Å². The molecule has 0 N–H and O–H groups in total. The molecule has 0 saturated carbocycles. The molecule has 8 heteroatoms. The zero-order valence-corrected chi connectivity index (χ0v) is 28.1. The van der Waals surface area contributed by atoms with E-state index in [1.165, 1.54) is 60.7 Å². The van der Waals surface area contributed by atoms with Gasteiger partial charge in [0.15, 0.2) is 11.6 Å². The smallest absolute Gasteiger partial charge is 0.336 e. The SMILES string of the molecule is CCC(C)Oc1ccc(/C=C/C(=O)Oc2ccc(C(=O)CC(=O)c3ccc(OC(=O)/C=C/c4ccc(OC(C)CC)cc4)cc3)cc2)cc1. The molecule has 4 rings (SSSR count). The molecule has 8 nitrogen and oxygen atoms in total. The van der Waals surface area contributed by atoms with E-state index in [-0.39, 0.29) is 41.7 Å². The Bertz CT molecular complexity index is 1630. The van der Waals surface area contributed by atoms with Gasteiger partial charge in [-0.25, -0.2) is 9.59 Å². The minimum absolute atomic E-state index is 0.121. The number of rotatable bonds is 16. The van der Waals surface area contributed by atoms with Gasteiger partial charge in [0.1, 0.15) is 23.0 Å². The number of carbonyl (C=O) groups excluding carboxylic acids is 4. The van der Waals surface area contributed by atoms with Crippen LogP contribution >= 0.6 is 0 Å².